The molecule has 0 aliphatic rings. The van der Waals surface area contributed by atoms with Gasteiger partial charge in [-0.3, -0.25) is 10.1 Å². The van der Waals surface area contributed by atoms with E-state index in [9.17, 15) is 14.5 Å². The predicted octanol–water partition coefficient (Wildman–Crippen LogP) is 4.66. The quantitative estimate of drug-likeness (QED) is 0.382. The first-order valence-corrected chi connectivity index (χ1v) is 7.31. The van der Waals surface area contributed by atoms with Crippen molar-refractivity contribution >= 4 is 39.8 Å². The molecule has 0 radical (unpaired) electrons. The van der Waals surface area contributed by atoms with Gasteiger partial charge in [-0.05, 0) is 35.9 Å². The van der Waals surface area contributed by atoms with Crippen LogP contribution in [0.1, 0.15) is 0 Å². The van der Waals surface area contributed by atoms with Crippen molar-refractivity contribution in [2.75, 3.05) is 7.11 Å². The van der Waals surface area contributed by atoms with Gasteiger partial charge in [0, 0.05) is 10.4 Å². The van der Waals surface area contributed by atoms with Gasteiger partial charge in [-0.2, -0.15) is 0 Å². The van der Waals surface area contributed by atoms with Crippen LogP contribution in [-0.2, 0) is 0 Å². The van der Waals surface area contributed by atoms with Crippen LogP contribution in [0.4, 0.5) is 10.1 Å². The van der Waals surface area contributed by atoms with E-state index in [1.54, 1.807) is 12.1 Å². The summed E-state index contributed by atoms with van der Waals surface area (Å²) in [4.78, 5) is 18.8. The van der Waals surface area contributed by atoms with Gasteiger partial charge in [0.25, 0.3) is 5.69 Å². The molecule has 6 nitrogen and oxygen atoms in total. The number of nitro groups is 1. The van der Waals surface area contributed by atoms with Gasteiger partial charge in [-0.25, -0.2) is 14.4 Å². The van der Waals surface area contributed by atoms with Crippen LogP contribution in [0.25, 0.3) is 22.2 Å². The number of nitrogens with zero attached hydrogens (tertiary/aromatic N) is 3. The van der Waals surface area contributed by atoms with Crippen LogP contribution < -0.4 is 4.74 Å². The average molecular weight is 368 g/mol. The lowest BCUT2D eigenvalue weighted by molar-refractivity contribution is -0.384. The number of hydrogen-bond acceptors (Lipinski definition) is 5. The maximum atomic E-state index is 14.1. The molecule has 1 heterocycles. The number of fused-ring (bicyclic) bond motifs is 1. The van der Waals surface area contributed by atoms with Crippen molar-refractivity contribution in [1.82, 2.24) is 9.97 Å². The Balaban J connectivity index is 2.41. The second-order valence-electron chi connectivity index (χ2n) is 4.76. The highest BCUT2D eigenvalue weighted by molar-refractivity contribution is 6.31. The number of halogens is 3. The number of methoxy groups -OCH3 is 1. The molecular weight excluding hydrogens is 360 g/mol. The zero-order valence-corrected chi connectivity index (χ0v) is 13.6. The van der Waals surface area contributed by atoms with E-state index in [-0.39, 0.29) is 28.0 Å². The number of nitro benzene ring substituents is 1. The smallest absolute Gasteiger partial charge is 0.282 e. The van der Waals surface area contributed by atoms with Gasteiger partial charge < -0.3 is 4.74 Å². The molecule has 2 aromatic carbocycles. The summed E-state index contributed by atoms with van der Waals surface area (Å²) in [6.45, 7) is 0. The first-order chi connectivity index (χ1) is 11.4. The summed E-state index contributed by atoms with van der Waals surface area (Å²) < 4.78 is 18.9. The number of rotatable bonds is 3. The molecule has 3 rings (SSSR count). The SMILES string of the molecule is COc1cc([N+](=O)[O-])c(-c2nc(Cl)nc3ccc(Cl)cc23)cc1F. The summed E-state index contributed by atoms with van der Waals surface area (Å²) in [5.41, 5.74) is 0.125. The van der Waals surface area contributed by atoms with Crippen LogP contribution in [0, 0.1) is 15.9 Å². The lowest BCUT2D eigenvalue weighted by Crippen LogP contribution is -1.99. The van der Waals surface area contributed by atoms with Crippen LogP contribution in [0.2, 0.25) is 10.3 Å². The fourth-order valence-corrected chi connectivity index (χ4v) is 2.67. The highest BCUT2D eigenvalue weighted by Crippen LogP contribution is 2.38. The molecule has 0 saturated heterocycles. The Kier molecular flexibility index (Phi) is 4.21. The summed E-state index contributed by atoms with van der Waals surface area (Å²) in [6, 6.07) is 6.71. The Morgan fingerprint density at radius 2 is 1.96 bits per heavy atom. The molecular formula is C15H8Cl2FN3O3. The molecule has 0 fully saturated rings. The third-order valence-electron chi connectivity index (χ3n) is 3.35. The normalized spacial score (nSPS) is 10.8. The van der Waals surface area contributed by atoms with Crippen LogP contribution in [0.3, 0.4) is 0 Å². The third-order valence-corrected chi connectivity index (χ3v) is 3.76. The number of ether oxygens (including phenoxy) is 1. The molecule has 3 aromatic rings. The minimum Gasteiger partial charge on any atom is -0.493 e. The minimum absolute atomic E-state index is 0.0464. The standard InChI is InChI=1S/C15H8Cl2FN3O3/c1-24-13-6-12(21(22)23)9(5-10(13)18)14-8-4-7(16)2-3-11(8)19-15(17)20-14/h2-6H,1H3. The second-order valence-corrected chi connectivity index (χ2v) is 5.54. The van der Waals surface area contributed by atoms with Crippen LogP contribution in [0.15, 0.2) is 30.3 Å². The molecule has 9 heteroatoms. The Bertz CT molecular complexity index is 982. The Hall–Kier alpha value is -2.51. The van der Waals surface area contributed by atoms with E-state index in [1.165, 1.54) is 13.2 Å². The maximum Gasteiger partial charge on any atom is 0.282 e. The fourth-order valence-electron chi connectivity index (χ4n) is 2.32. The monoisotopic (exact) mass is 367 g/mol. The van der Waals surface area contributed by atoms with E-state index in [0.29, 0.717) is 15.9 Å². The van der Waals surface area contributed by atoms with Crippen molar-refractivity contribution in [2.24, 2.45) is 0 Å². The van der Waals surface area contributed by atoms with E-state index >= 15 is 0 Å². The predicted molar refractivity (Wildman–Crippen MR) is 88.2 cm³/mol. The largest absolute Gasteiger partial charge is 0.493 e. The first kappa shape index (κ1) is 16.4. The van der Waals surface area contributed by atoms with E-state index in [2.05, 4.69) is 9.97 Å². The van der Waals surface area contributed by atoms with Gasteiger partial charge in [0.15, 0.2) is 11.6 Å². The van der Waals surface area contributed by atoms with Gasteiger partial charge in [-0.1, -0.05) is 11.6 Å². The highest BCUT2D eigenvalue weighted by atomic mass is 35.5. The van der Waals surface area contributed by atoms with E-state index in [1.807, 2.05) is 0 Å². The number of benzene rings is 2. The van der Waals surface area contributed by atoms with Crippen molar-refractivity contribution in [3.8, 4) is 17.0 Å². The summed E-state index contributed by atoms with van der Waals surface area (Å²) in [5.74, 6) is -1.00. The van der Waals surface area contributed by atoms with Crippen molar-refractivity contribution in [3.05, 3.63) is 56.6 Å². The molecule has 0 spiro atoms. The summed E-state index contributed by atoms with van der Waals surface area (Å²) >= 11 is 11.9. The van der Waals surface area contributed by atoms with Crippen molar-refractivity contribution < 1.29 is 14.1 Å². The zero-order chi connectivity index (χ0) is 17.4. The molecule has 0 saturated carbocycles. The van der Waals surface area contributed by atoms with Gasteiger partial charge >= 0.3 is 0 Å². The highest BCUT2D eigenvalue weighted by Gasteiger charge is 2.23. The van der Waals surface area contributed by atoms with Gasteiger partial charge in [0.2, 0.25) is 5.28 Å². The molecule has 0 aliphatic heterocycles. The van der Waals surface area contributed by atoms with Gasteiger partial charge in [-0.15, -0.1) is 0 Å². The van der Waals surface area contributed by atoms with Crippen LogP contribution >= 0.6 is 23.2 Å². The van der Waals surface area contributed by atoms with Crippen LogP contribution in [-0.4, -0.2) is 22.0 Å². The molecule has 0 unspecified atom stereocenters. The molecule has 0 bridgehead atoms. The van der Waals surface area contributed by atoms with Crippen molar-refractivity contribution in [2.45, 2.75) is 0 Å². The molecule has 0 aliphatic carbocycles. The van der Waals surface area contributed by atoms with Crippen molar-refractivity contribution in [1.29, 1.82) is 0 Å². The van der Waals surface area contributed by atoms with E-state index in [4.69, 9.17) is 27.9 Å². The summed E-state index contributed by atoms with van der Waals surface area (Å²) in [7, 11) is 1.22. The number of hydrogen-bond donors (Lipinski definition) is 0. The second kappa shape index (κ2) is 6.18. The van der Waals surface area contributed by atoms with Gasteiger partial charge in [0.05, 0.1) is 34.9 Å². The average Bonchev–Trinajstić information content (AvgIpc) is 2.54. The minimum atomic E-state index is -0.761. The van der Waals surface area contributed by atoms with E-state index in [0.717, 1.165) is 12.1 Å². The fraction of sp³-hybridized carbons (Fsp3) is 0.0667. The zero-order valence-electron chi connectivity index (χ0n) is 12.1. The third kappa shape index (κ3) is 2.83. The Morgan fingerprint density at radius 3 is 2.62 bits per heavy atom. The topological polar surface area (TPSA) is 78.2 Å². The summed E-state index contributed by atoms with van der Waals surface area (Å²) in [6.07, 6.45) is 0. The Morgan fingerprint density at radius 1 is 1.21 bits per heavy atom. The van der Waals surface area contributed by atoms with Crippen molar-refractivity contribution in [3.63, 3.8) is 0 Å². The van der Waals surface area contributed by atoms with Crippen LogP contribution in [0.5, 0.6) is 5.75 Å². The maximum absolute atomic E-state index is 14.1. The van der Waals surface area contributed by atoms with Gasteiger partial charge in [0.1, 0.15) is 0 Å². The molecule has 0 N–H and O–H groups in total. The lowest BCUT2D eigenvalue weighted by Gasteiger charge is -2.09. The molecule has 24 heavy (non-hydrogen) atoms. The Labute approximate surface area is 145 Å². The lowest BCUT2D eigenvalue weighted by atomic mass is 10.0. The molecule has 1 aromatic heterocycles. The molecule has 0 atom stereocenters. The van der Waals surface area contributed by atoms with E-state index < -0.39 is 10.7 Å². The first-order valence-electron chi connectivity index (χ1n) is 6.56. The summed E-state index contributed by atoms with van der Waals surface area (Å²) in [5, 5.41) is 12.1. The number of aromatic nitrogens is 2. The molecule has 0 amide bonds. The molecule has 122 valence electrons.